The molecule has 60 heavy (non-hydrogen) atoms. The molecule has 8 rings (SSSR count). The maximum atomic E-state index is 13.7. The third kappa shape index (κ3) is 7.80. The fraction of sp³-hybridized carbons (Fsp3) is 0.409. The van der Waals surface area contributed by atoms with Gasteiger partial charge in [0.15, 0.2) is 0 Å². The van der Waals surface area contributed by atoms with Crippen LogP contribution in [0.3, 0.4) is 0 Å². The number of nitrogens with one attached hydrogen (secondary N) is 4. The average Bonchev–Trinajstić information content (AvgIpc) is 4.08. The molecule has 2 aliphatic rings. The van der Waals surface area contributed by atoms with E-state index in [1.165, 1.54) is 14.2 Å². The molecular weight excluding hydrogens is 765 g/mol. The fourth-order valence-electron chi connectivity index (χ4n) is 8.46. The molecule has 16 nitrogen and oxygen atoms in total. The monoisotopic (exact) mass is 814 g/mol. The zero-order chi connectivity index (χ0) is 42.2. The van der Waals surface area contributed by atoms with Gasteiger partial charge in [-0.25, -0.2) is 19.6 Å². The van der Waals surface area contributed by atoms with E-state index in [0.717, 1.165) is 81.2 Å². The number of imidazole rings is 2. The number of fused-ring (bicyclic) bond motifs is 3. The Bertz CT molecular complexity index is 2420. The molecule has 2 fully saturated rings. The minimum absolute atomic E-state index is 0.118. The number of rotatable bonds is 10. The van der Waals surface area contributed by atoms with Crippen molar-refractivity contribution in [2.75, 3.05) is 27.3 Å². The lowest BCUT2D eigenvalue weighted by molar-refractivity contribution is -0.136. The van der Waals surface area contributed by atoms with Crippen molar-refractivity contribution in [1.82, 2.24) is 50.6 Å². The summed E-state index contributed by atoms with van der Waals surface area (Å²) in [7, 11) is 2.57. The van der Waals surface area contributed by atoms with E-state index in [2.05, 4.69) is 42.9 Å². The van der Waals surface area contributed by atoms with Crippen LogP contribution in [-0.2, 0) is 19.1 Å². The summed E-state index contributed by atoms with van der Waals surface area (Å²) in [6.07, 6.45) is 1.93. The number of benzene rings is 3. The van der Waals surface area contributed by atoms with E-state index < -0.39 is 24.3 Å². The highest BCUT2D eigenvalue weighted by molar-refractivity contribution is 5.91. The molecule has 2 saturated heterocycles. The van der Waals surface area contributed by atoms with Crippen molar-refractivity contribution < 1.29 is 28.7 Å². The van der Waals surface area contributed by atoms with E-state index in [4.69, 9.17) is 19.4 Å². The van der Waals surface area contributed by atoms with Crippen molar-refractivity contribution in [3.63, 3.8) is 0 Å². The van der Waals surface area contributed by atoms with Gasteiger partial charge in [-0.15, -0.1) is 10.2 Å². The van der Waals surface area contributed by atoms with Crippen LogP contribution in [0.1, 0.15) is 77.1 Å². The number of methoxy groups -OCH3 is 2. The van der Waals surface area contributed by atoms with Crippen molar-refractivity contribution >= 4 is 57.0 Å². The van der Waals surface area contributed by atoms with Crippen LogP contribution in [0.15, 0.2) is 60.7 Å². The SMILES string of the molecule is COC(=O)N[C@H](C(=O)N1CCC[C@H]1c1nc2ccc(-c3ccc4cc(-c5ccc6nc([C@@H]7CCCN7C(=O)[C@@H](NC(=O)OC)C(C)C)[nH]c6c5)nnc4c3)cc2[nH]1)C(C)C. The van der Waals surface area contributed by atoms with Gasteiger partial charge in [-0.2, -0.15) is 0 Å². The van der Waals surface area contributed by atoms with E-state index >= 15 is 0 Å². The van der Waals surface area contributed by atoms with Gasteiger partial charge in [0.05, 0.1) is 59.6 Å². The van der Waals surface area contributed by atoms with E-state index in [9.17, 15) is 19.2 Å². The summed E-state index contributed by atoms with van der Waals surface area (Å²) in [5, 5.41) is 15.6. The van der Waals surface area contributed by atoms with Crippen LogP contribution in [0.2, 0.25) is 0 Å². The maximum absolute atomic E-state index is 13.7. The number of alkyl carbamates (subject to hydrolysis) is 2. The number of ether oxygens (including phenoxy) is 2. The maximum Gasteiger partial charge on any atom is 0.407 e. The van der Waals surface area contributed by atoms with Crippen molar-refractivity contribution in [2.45, 2.75) is 77.5 Å². The molecule has 0 radical (unpaired) electrons. The molecule has 5 heterocycles. The molecule has 3 aromatic carbocycles. The number of carbonyl (C=O) groups is 4. The van der Waals surface area contributed by atoms with Gasteiger partial charge in [-0.1, -0.05) is 52.0 Å². The van der Waals surface area contributed by atoms with Gasteiger partial charge in [0.2, 0.25) is 11.8 Å². The zero-order valence-electron chi connectivity index (χ0n) is 34.6. The molecule has 0 aliphatic carbocycles. The Hall–Kier alpha value is -6.58. The Morgan fingerprint density at radius 1 is 0.633 bits per heavy atom. The number of hydrogen-bond donors (Lipinski definition) is 4. The minimum Gasteiger partial charge on any atom is -0.453 e. The average molecular weight is 815 g/mol. The second kappa shape index (κ2) is 16.6. The third-order valence-electron chi connectivity index (χ3n) is 11.7. The van der Waals surface area contributed by atoms with E-state index in [1.54, 1.807) is 4.90 Å². The Labute approximate surface area is 346 Å². The smallest absolute Gasteiger partial charge is 0.407 e. The quantitative estimate of drug-likeness (QED) is 0.114. The summed E-state index contributed by atoms with van der Waals surface area (Å²) in [5.41, 5.74) is 7.56. The summed E-state index contributed by atoms with van der Waals surface area (Å²) in [5.74, 6) is 0.880. The lowest BCUT2D eigenvalue weighted by atomic mass is 10.0. The first-order valence-electron chi connectivity index (χ1n) is 20.5. The predicted molar refractivity (Wildman–Crippen MR) is 225 cm³/mol. The first-order valence-corrected chi connectivity index (χ1v) is 20.5. The minimum atomic E-state index is -0.707. The molecule has 0 saturated carbocycles. The second-order valence-corrected chi connectivity index (χ2v) is 16.3. The highest BCUT2D eigenvalue weighted by Gasteiger charge is 2.39. The van der Waals surface area contributed by atoms with Gasteiger partial charge < -0.3 is 39.9 Å². The first-order chi connectivity index (χ1) is 28.9. The number of aromatic amines is 2. The van der Waals surface area contributed by atoms with E-state index in [-0.39, 0.29) is 35.7 Å². The van der Waals surface area contributed by atoms with Gasteiger partial charge in [0, 0.05) is 24.0 Å². The number of nitrogens with zero attached hydrogens (tertiary/aromatic N) is 6. The molecule has 2 aliphatic heterocycles. The Kier molecular flexibility index (Phi) is 11.1. The summed E-state index contributed by atoms with van der Waals surface area (Å²) in [4.78, 5) is 71.6. The predicted octanol–water partition coefficient (Wildman–Crippen LogP) is 6.80. The summed E-state index contributed by atoms with van der Waals surface area (Å²) in [6.45, 7) is 8.75. The Morgan fingerprint density at radius 2 is 1.12 bits per heavy atom. The topological polar surface area (TPSA) is 200 Å². The number of aromatic nitrogens is 6. The molecular formula is C44H50N10O6. The van der Waals surface area contributed by atoms with E-state index in [1.807, 2.05) is 81.1 Å². The number of amides is 4. The van der Waals surface area contributed by atoms with Crippen LogP contribution in [0.25, 0.3) is 55.4 Å². The lowest BCUT2D eigenvalue weighted by Crippen LogP contribution is -2.51. The van der Waals surface area contributed by atoms with Crippen molar-refractivity contribution in [1.29, 1.82) is 0 Å². The van der Waals surface area contributed by atoms with Crippen molar-refractivity contribution in [3.8, 4) is 22.4 Å². The molecule has 6 aromatic rings. The van der Waals surface area contributed by atoms with Crippen LogP contribution < -0.4 is 10.6 Å². The van der Waals surface area contributed by atoms with Crippen molar-refractivity contribution in [2.24, 2.45) is 11.8 Å². The normalized spacial score (nSPS) is 17.8. The van der Waals surface area contributed by atoms with Gasteiger partial charge in [-0.05, 0) is 85.0 Å². The molecule has 4 atom stereocenters. The molecule has 0 bridgehead atoms. The van der Waals surface area contributed by atoms with Crippen LogP contribution in [0.5, 0.6) is 0 Å². The zero-order valence-corrected chi connectivity index (χ0v) is 34.6. The number of carbonyl (C=O) groups excluding carboxylic acids is 4. The molecule has 0 unspecified atom stereocenters. The van der Waals surface area contributed by atoms with Crippen molar-refractivity contribution in [3.05, 3.63) is 72.3 Å². The number of H-pyrrole nitrogens is 2. The standard InChI is InChI=1S/C44H50N10O6/c1-23(2)37(49-43(57)59-5)41(55)53-17-7-9-35(53)39-45-29-15-13-26(20-33(29)47-39)25-11-12-27-21-32(52-51-31(27)19-25)28-14-16-30-34(22-28)48-40(46-30)36-10-8-18-54(36)42(56)38(24(3)4)50-44(58)60-6/h11-16,19-24,35-38H,7-10,17-18H2,1-6H3,(H,45,47)(H,46,48)(H,49,57)(H,50,58)/t35-,36-,37-,38-/m0/s1. The summed E-state index contributed by atoms with van der Waals surface area (Å²) in [6, 6.07) is 18.2. The highest BCUT2D eigenvalue weighted by Crippen LogP contribution is 2.36. The fourth-order valence-corrected chi connectivity index (χ4v) is 8.46. The van der Waals surface area contributed by atoms with Crippen LogP contribution in [0, 0.1) is 11.8 Å². The first kappa shape index (κ1) is 40.2. The van der Waals surface area contributed by atoms with Gasteiger partial charge in [-0.3, -0.25) is 9.59 Å². The number of hydrogen-bond acceptors (Lipinski definition) is 10. The van der Waals surface area contributed by atoms with Gasteiger partial charge in [0.25, 0.3) is 0 Å². The molecule has 16 heteroatoms. The van der Waals surface area contributed by atoms with E-state index in [0.29, 0.717) is 24.6 Å². The molecule has 4 N–H and O–H groups in total. The molecule has 312 valence electrons. The van der Waals surface area contributed by atoms with Gasteiger partial charge >= 0.3 is 12.2 Å². The largest absolute Gasteiger partial charge is 0.453 e. The van der Waals surface area contributed by atoms with Crippen LogP contribution in [0.4, 0.5) is 9.59 Å². The Balaban J connectivity index is 0.993. The summed E-state index contributed by atoms with van der Waals surface area (Å²) >= 11 is 0. The van der Waals surface area contributed by atoms with Gasteiger partial charge in [0.1, 0.15) is 23.7 Å². The molecule has 4 amide bonds. The van der Waals surface area contributed by atoms with Crippen LogP contribution >= 0.6 is 0 Å². The lowest BCUT2D eigenvalue weighted by Gasteiger charge is -2.29. The third-order valence-corrected chi connectivity index (χ3v) is 11.7. The summed E-state index contributed by atoms with van der Waals surface area (Å²) < 4.78 is 9.55. The van der Waals surface area contributed by atoms with Crippen LogP contribution in [-0.4, -0.2) is 103 Å². The molecule has 3 aromatic heterocycles. The highest BCUT2D eigenvalue weighted by atomic mass is 16.5. The Morgan fingerprint density at radius 3 is 1.63 bits per heavy atom. The molecule has 0 spiro atoms. The second-order valence-electron chi connectivity index (χ2n) is 16.3. The number of likely N-dealkylation sites (tertiary alicyclic amines) is 2.